The van der Waals surface area contributed by atoms with Crippen LogP contribution in [0.5, 0.6) is 0 Å². The molecule has 2 aromatic rings. The van der Waals surface area contributed by atoms with E-state index in [1.54, 1.807) is 37.9 Å². The maximum atomic E-state index is 12.4. The van der Waals surface area contributed by atoms with Crippen LogP contribution in [0.15, 0.2) is 41.8 Å². The summed E-state index contributed by atoms with van der Waals surface area (Å²) in [4.78, 5) is 28.3. The number of esters is 1. The number of thioether (sulfide) groups is 1. The topological polar surface area (TPSA) is 73.2 Å². The molecule has 0 spiro atoms. The summed E-state index contributed by atoms with van der Waals surface area (Å²) in [5.74, 6) is -0.0987. The van der Waals surface area contributed by atoms with Gasteiger partial charge in [0.2, 0.25) is 0 Å². The Morgan fingerprint density at radius 1 is 1.38 bits per heavy atom. The van der Waals surface area contributed by atoms with Gasteiger partial charge in [-0.3, -0.25) is 4.79 Å². The monoisotopic (exact) mass is 347 g/mol. The summed E-state index contributed by atoms with van der Waals surface area (Å²) in [6.45, 7) is 3.22. The highest BCUT2D eigenvalue weighted by atomic mass is 32.2. The Morgan fingerprint density at radius 3 is 2.75 bits per heavy atom. The third-order valence-electron chi connectivity index (χ3n) is 3.46. The molecule has 6 nitrogen and oxygen atoms in total. The van der Waals surface area contributed by atoms with E-state index in [9.17, 15) is 9.59 Å². The van der Waals surface area contributed by atoms with Crippen molar-refractivity contribution in [2.75, 3.05) is 7.11 Å². The normalized spacial score (nSPS) is 11.2. The number of hydrogen-bond donors (Lipinski definition) is 1. The molecule has 1 heterocycles. The van der Waals surface area contributed by atoms with Crippen molar-refractivity contribution in [2.45, 2.75) is 30.3 Å². The Hall–Kier alpha value is -2.28. The second-order valence-electron chi connectivity index (χ2n) is 5.88. The summed E-state index contributed by atoms with van der Waals surface area (Å²) < 4.78 is 6.64. The lowest BCUT2D eigenvalue weighted by Gasteiger charge is -2.23. The second kappa shape index (κ2) is 7.53. The molecule has 0 aliphatic rings. The van der Waals surface area contributed by atoms with E-state index in [4.69, 9.17) is 4.74 Å². The van der Waals surface area contributed by atoms with Gasteiger partial charge in [-0.2, -0.15) is 0 Å². The van der Waals surface area contributed by atoms with Gasteiger partial charge in [-0.15, -0.1) is 0 Å². The average molecular weight is 347 g/mol. The molecular weight excluding hydrogens is 326 g/mol. The summed E-state index contributed by atoms with van der Waals surface area (Å²) in [6.07, 6.45) is 3.64. The van der Waals surface area contributed by atoms with E-state index >= 15 is 0 Å². The van der Waals surface area contributed by atoms with Gasteiger partial charge in [-0.1, -0.05) is 23.9 Å². The number of hydrogen-bond acceptors (Lipinski definition) is 5. The molecule has 1 N–H and O–H groups in total. The van der Waals surface area contributed by atoms with Gasteiger partial charge < -0.3 is 14.6 Å². The van der Waals surface area contributed by atoms with Crippen molar-refractivity contribution in [3.05, 3.63) is 47.8 Å². The van der Waals surface area contributed by atoms with E-state index in [0.29, 0.717) is 11.3 Å². The Morgan fingerprint density at radius 2 is 2.12 bits per heavy atom. The van der Waals surface area contributed by atoms with Crippen LogP contribution in [0.2, 0.25) is 0 Å². The predicted octanol–water partition coefficient (Wildman–Crippen LogP) is 2.39. The fourth-order valence-corrected chi connectivity index (χ4v) is 2.98. The van der Waals surface area contributed by atoms with Crippen LogP contribution >= 0.6 is 11.8 Å². The first-order chi connectivity index (χ1) is 11.3. The van der Waals surface area contributed by atoms with Crippen LogP contribution in [-0.4, -0.2) is 34.1 Å². The Bertz CT molecular complexity index is 740. The second-order valence-corrected chi connectivity index (χ2v) is 6.82. The van der Waals surface area contributed by atoms with Crippen molar-refractivity contribution >= 4 is 23.6 Å². The summed E-state index contributed by atoms with van der Waals surface area (Å²) in [7, 11) is 3.24. The first-order valence-corrected chi connectivity index (χ1v) is 8.42. The van der Waals surface area contributed by atoms with E-state index in [1.807, 2.05) is 36.0 Å². The molecule has 0 atom stereocenters. The number of nitrogens with one attached hydrogen (secondary N) is 1. The molecule has 128 valence electrons. The highest BCUT2D eigenvalue weighted by Crippen LogP contribution is 2.21. The standard InChI is InChI=1S/C17H21N3O3S/c1-17(2,15(22)23-4)19-14(21)13-7-5-6-12(10-13)11-24-16-18-8-9-20(16)3/h5-10H,11H2,1-4H3,(H,19,21). The molecule has 0 bridgehead atoms. The minimum Gasteiger partial charge on any atom is -0.467 e. The Labute approximate surface area is 145 Å². The van der Waals surface area contributed by atoms with Crippen molar-refractivity contribution in [1.82, 2.24) is 14.9 Å². The molecule has 0 unspecified atom stereocenters. The SMILES string of the molecule is COC(=O)C(C)(C)NC(=O)c1cccc(CSc2nccn2C)c1. The number of amides is 1. The number of carbonyl (C=O) groups excluding carboxylic acids is 2. The summed E-state index contributed by atoms with van der Waals surface area (Å²) in [5.41, 5.74) is 0.431. The summed E-state index contributed by atoms with van der Waals surface area (Å²) in [6, 6.07) is 7.32. The summed E-state index contributed by atoms with van der Waals surface area (Å²) in [5, 5.41) is 3.61. The molecule has 0 aliphatic heterocycles. The molecule has 1 aromatic carbocycles. The molecule has 0 saturated carbocycles. The molecule has 0 saturated heterocycles. The van der Waals surface area contributed by atoms with Gasteiger partial charge in [0, 0.05) is 30.8 Å². The number of nitrogens with zero attached hydrogens (tertiary/aromatic N) is 2. The highest BCUT2D eigenvalue weighted by molar-refractivity contribution is 7.98. The van der Waals surface area contributed by atoms with Crippen molar-refractivity contribution < 1.29 is 14.3 Å². The van der Waals surface area contributed by atoms with Crippen LogP contribution in [0, 0.1) is 0 Å². The number of imidazole rings is 1. The van der Waals surface area contributed by atoms with E-state index in [2.05, 4.69) is 10.3 Å². The largest absolute Gasteiger partial charge is 0.467 e. The lowest BCUT2D eigenvalue weighted by Crippen LogP contribution is -2.50. The number of aryl methyl sites for hydroxylation is 1. The Kier molecular flexibility index (Phi) is 5.66. The first-order valence-electron chi connectivity index (χ1n) is 7.43. The van der Waals surface area contributed by atoms with Crippen LogP contribution in [0.3, 0.4) is 0 Å². The van der Waals surface area contributed by atoms with E-state index in [-0.39, 0.29) is 5.91 Å². The zero-order valence-electron chi connectivity index (χ0n) is 14.2. The lowest BCUT2D eigenvalue weighted by atomic mass is 10.0. The van der Waals surface area contributed by atoms with Gasteiger partial charge >= 0.3 is 5.97 Å². The molecule has 0 aliphatic carbocycles. The van der Waals surface area contributed by atoms with Gasteiger partial charge in [0.05, 0.1) is 7.11 Å². The molecule has 2 rings (SSSR count). The molecule has 1 aromatic heterocycles. The molecule has 1 amide bonds. The molecule has 24 heavy (non-hydrogen) atoms. The zero-order valence-corrected chi connectivity index (χ0v) is 15.0. The minimum absolute atomic E-state index is 0.311. The highest BCUT2D eigenvalue weighted by Gasteiger charge is 2.30. The van der Waals surface area contributed by atoms with Crippen LogP contribution in [0.1, 0.15) is 29.8 Å². The molecule has 0 fully saturated rings. The molecule has 0 radical (unpaired) electrons. The van der Waals surface area contributed by atoms with Crippen molar-refractivity contribution in [2.24, 2.45) is 7.05 Å². The lowest BCUT2D eigenvalue weighted by molar-refractivity contribution is -0.146. The fraction of sp³-hybridized carbons (Fsp3) is 0.353. The van der Waals surface area contributed by atoms with Gasteiger partial charge in [0.1, 0.15) is 5.54 Å². The van der Waals surface area contributed by atoms with Gasteiger partial charge in [0.25, 0.3) is 5.91 Å². The summed E-state index contributed by atoms with van der Waals surface area (Å²) >= 11 is 1.59. The first kappa shape index (κ1) is 18.1. The van der Waals surface area contributed by atoms with Gasteiger partial charge in [-0.05, 0) is 31.5 Å². The van der Waals surface area contributed by atoms with E-state index < -0.39 is 11.5 Å². The average Bonchev–Trinajstić information content (AvgIpc) is 2.97. The third kappa shape index (κ3) is 4.38. The predicted molar refractivity (Wildman–Crippen MR) is 92.8 cm³/mol. The van der Waals surface area contributed by atoms with Crippen LogP contribution < -0.4 is 5.32 Å². The maximum Gasteiger partial charge on any atom is 0.330 e. The number of methoxy groups -OCH3 is 1. The molecular formula is C17H21N3O3S. The third-order valence-corrected chi connectivity index (χ3v) is 4.59. The number of benzene rings is 1. The number of rotatable bonds is 6. The van der Waals surface area contributed by atoms with Crippen LogP contribution in [0.4, 0.5) is 0 Å². The van der Waals surface area contributed by atoms with Crippen LogP contribution in [-0.2, 0) is 22.3 Å². The van der Waals surface area contributed by atoms with Gasteiger partial charge in [0.15, 0.2) is 5.16 Å². The molecule has 7 heteroatoms. The quantitative estimate of drug-likeness (QED) is 0.642. The van der Waals surface area contributed by atoms with Crippen LogP contribution in [0.25, 0.3) is 0 Å². The number of aromatic nitrogens is 2. The van der Waals surface area contributed by atoms with Gasteiger partial charge in [-0.25, -0.2) is 9.78 Å². The van der Waals surface area contributed by atoms with Crippen molar-refractivity contribution in [1.29, 1.82) is 0 Å². The number of carbonyl (C=O) groups is 2. The minimum atomic E-state index is -1.08. The van der Waals surface area contributed by atoms with Crippen molar-refractivity contribution in [3.63, 3.8) is 0 Å². The van der Waals surface area contributed by atoms with Crippen molar-refractivity contribution in [3.8, 4) is 0 Å². The fourth-order valence-electron chi connectivity index (χ4n) is 2.10. The zero-order chi connectivity index (χ0) is 17.7. The van der Waals surface area contributed by atoms with E-state index in [0.717, 1.165) is 10.7 Å². The van der Waals surface area contributed by atoms with E-state index in [1.165, 1.54) is 7.11 Å². The smallest absolute Gasteiger partial charge is 0.330 e. The number of ether oxygens (including phenoxy) is 1. The Balaban J connectivity index is 2.05. The maximum absolute atomic E-state index is 12.4.